The molecule has 0 saturated heterocycles. The maximum Gasteiger partial charge on any atom is 0.243 e. The van der Waals surface area contributed by atoms with Crippen molar-refractivity contribution in [3.8, 4) is 11.5 Å². The van der Waals surface area contributed by atoms with Gasteiger partial charge in [-0.25, -0.2) is 0 Å². The third kappa shape index (κ3) is 4.11. The predicted octanol–water partition coefficient (Wildman–Crippen LogP) is 1.65. The Balaban J connectivity index is 1.97. The van der Waals surface area contributed by atoms with Crippen molar-refractivity contribution < 1.29 is 19.1 Å². The molecule has 114 valence electrons. The monoisotopic (exact) mass is 292 g/mol. The highest BCUT2D eigenvalue weighted by Gasteiger charge is 2.15. The summed E-state index contributed by atoms with van der Waals surface area (Å²) in [6, 6.07) is 5.24. The molecule has 0 radical (unpaired) electrons. The van der Waals surface area contributed by atoms with E-state index < -0.39 is 0 Å². The smallest absolute Gasteiger partial charge is 0.243 e. The van der Waals surface area contributed by atoms with E-state index in [9.17, 15) is 9.59 Å². The average molecular weight is 292 g/mol. The first kappa shape index (κ1) is 15.2. The van der Waals surface area contributed by atoms with Crippen molar-refractivity contribution in [2.75, 3.05) is 31.6 Å². The first-order valence-corrected chi connectivity index (χ1v) is 7.05. The molecule has 0 bridgehead atoms. The second-order valence-electron chi connectivity index (χ2n) is 4.85. The van der Waals surface area contributed by atoms with Gasteiger partial charge in [0.15, 0.2) is 11.5 Å². The molecule has 6 heteroatoms. The topological polar surface area (TPSA) is 67.9 Å². The number of carbonyl (C=O) groups excluding carboxylic acids is 2. The Hall–Kier alpha value is -2.24. The Morgan fingerprint density at radius 1 is 1.24 bits per heavy atom. The number of amides is 2. The number of nitrogens with one attached hydrogen (secondary N) is 1. The Morgan fingerprint density at radius 3 is 2.62 bits per heavy atom. The minimum atomic E-state index is -0.227. The van der Waals surface area contributed by atoms with Gasteiger partial charge in [-0.05, 0) is 18.6 Å². The number of fused-ring (bicyclic) bond motifs is 1. The third-order valence-electron chi connectivity index (χ3n) is 3.10. The molecular weight excluding hydrogens is 272 g/mol. The highest BCUT2D eigenvalue weighted by Crippen LogP contribution is 2.32. The number of hydrogen-bond acceptors (Lipinski definition) is 4. The minimum absolute atomic E-state index is 0.0532. The Bertz CT molecular complexity index is 530. The van der Waals surface area contributed by atoms with Crippen LogP contribution >= 0.6 is 0 Å². The number of rotatable bonds is 5. The van der Waals surface area contributed by atoms with Gasteiger partial charge in [-0.1, -0.05) is 6.92 Å². The summed E-state index contributed by atoms with van der Waals surface area (Å²) < 4.78 is 10.9. The van der Waals surface area contributed by atoms with Gasteiger partial charge < -0.3 is 19.7 Å². The SMILES string of the molecule is CCCN(CC(=O)Nc1ccc2c(c1)OCCO2)C(C)=O. The quantitative estimate of drug-likeness (QED) is 0.896. The van der Waals surface area contributed by atoms with E-state index in [2.05, 4.69) is 5.32 Å². The summed E-state index contributed by atoms with van der Waals surface area (Å²) >= 11 is 0. The van der Waals surface area contributed by atoms with Crippen molar-refractivity contribution in [2.24, 2.45) is 0 Å². The van der Waals surface area contributed by atoms with Crippen LogP contribution in [0.3, 0.4) is 0 Å². The summed E-state index contributed by atoms with van der Waals surface area (Å²) in [6.45, 7) is 5.09. The fraction of sp³-hybridized carbons (Fsp3) is 0.467. The minimum Gasteiger partial charge on any atom is -0.486 e. The lowest BCUT2D eigenvalue weighted by Gasteiger charge is -2.21. The number of benzene rings is 1. The summed E-state index contributed by atoms with van der Waals surface area (Å²) in [5.41, 5.74) is 0.629. The largest absolute Gasteiger partial charge is 0.486 e. The van der Waals surface area contributed by atoms with Crippen LogP contribution in [0.4, 0.5) is 5.69 Å². The van der Waals surface area contributed by atoms with Gasteiger partial charge in [-0.2, -0.15) is 0 Å². The zero-order chi connectivity index (χ0) is 15.2. The number of ether oxygens (including phenoxy) is 2. The summed E-state index contributed by atoms with van der Waals surface area (Å²) in [6.07, 6.45) is 0.816. The lowest BCUT2D eigenvalue weighted by molar-refractivity contribution is -0.132. The van der Waals surface area contributed by atoms with Gasteiger partial charge in [0.25, 0.3) is 0 Å². The zero-order valence-electron chi connectivity index (χ0n) is 12.3. The van der Waals surface area contributed by atoms with Crippen molar-refractivity contribution >= 4 is 17.5 Å². The van der Waals surface area contributed by atoms with Gasteiger partial charge in [0.2, 0.25) is 11.8 Å². The number of hydrogen-bond donors (Lipinski definition) is 1. The lowest BCUT2D eigenvalue weighted by atomic mass is 10.2. The van der Waals surface area contributed by atoms with E-state index in [1.807, 2.05) is 6.92 Å². The van der Waals surface area contributed by atoms with Crippen molar-refractivity contribution in [3.63, 3.8) is 0 Å². The van der Waals surface area contributed by atoms with Gasteiger partial charge in [0, 0.05) is 25.2 Å². The molecule has 2 rings (SSSR count). The van der Waals surface area contributed by atoms with Crippen LogP contribution in [-0.2, 0) is 9.59 Å². The van der Waals surface area contributed by atoms with Crippen molar-refractivity contribution in [1.82, 2.24) is 4.90 Å². The molecule has 0 aromatic heterocycles. The van der Waals surface area contributed by atoms with E-state index in [-0.39, 0.29) is 18.4 Å². The summed E-state index contributed by atoms with van der Waals surface area (Å²) in [4.78, 5) is 24.9. The van der Waals surface area contributed by atoms with E-state index in [0.29, 0.717) is 36.9 Å². The second kappa shape index (κ2) is 6.97. The fourth-order valence-corrected chi connectivity index (χ4v) is 2.11. The van der Waals surface area contributed by atoms with Crippen LogP contribution in [0.1, 0.15) is 20.3 Å². The van der Waals surface area contributed by atoms with Crippen molar-refractivity contribution in [2.45, 2.75) is 20.3 Å². The van der Waals surface area contributed by atoms with E-state index >= 15 is 0 Å². The lowest BCUT2D eigenvalue weighted by Crippen LogP contribution is -2.37. The summed E-state index contributed by atoms with van der Waals surface area (Å²) in [7, 11) is 0. The molecule has 1 aromatic rings. The molecule has 21 heavy (non-hydrogen) atoms. The van der Waals surface area contributed by atoms with Crippen LogP contribution in [0.25, 0.3) is 0 Å². The highest BCUT2D eigenvalue weighted by atomic mass is 16.6. The average Bonchev–Trinajstić information content (AvgIpc) is 2.46. The Morgan fingerprint density at radius 2 is 1.95 bits per heavy atom. The van der Waals surface area contributed by atoms with Gasteiger partial charge in [-0.15, -0.1) is 0 Å². The van der Waals surface area contributed by atoms with Crippen LogP contribution < -0.4 is 14.8 Å². The van der Waals surface area contributed by atoms with Crippen LogP contribution in [0.15, 0.2) is 18.2 Å². The van der Waals surface area contributed by atoms with E-state index in [4.69, 9.17) is 9.47 Å². The fourth-order valence-electron chi connectivity index (χ4n) is 2.11. The maximum atomic E-state index is 12.0. The molecule has 1 N–H and O–H groups in total. The van der Waals surface area contributed by atoms with Crippen molar-refractivity contribution in [1.29, 1.82) is 0 Å². The van der Waals surface area contributed by atoms with Gasteiger partial charge >= 0.3 is 0 Å². The number of carbonyl (C=O) groups is 2. The molecule has 0 fully saturated rings. The molecule has 0 spiro atoms. The van der Waals surface area contributed by atoms with Crippen LogP contribution in [-0.4, -0.2) is 43.0 Å². The maximum absolute atomic E-state index is 12.0. The third-order valence-corrected chi connectivity index (χ3v) is 3.10. The van der Waals surface area contributed by atoms with E-state index in [1.165, 1.54) is 11.8 Å². The molecule has 2 amide bonds. The Kier molecular flexibility index (Phi) is 5.03. The summed E-state index contributed by atoms with van der Waals surface area (Å²) in [5, 5.41) is 2.77. The molecular formula is C15H20N2O4. The molecule has 0 unspecified atom stereocenters. The summed E-state index contributed by atoms with van der Waals surface area (Å²) in [5.74, 6) is 0.969. The van der Waals surface area contributed by atoms with E-state index in [0.717, 1.165) is 6.42 Å². The molecule has 6 nitrogen and oxygen atoms in total. The molecule has 1 aliphatic heterocycles. The standard InChI is InChI=1S/C15H20N2O4/c1-3-6-17(11(2)18)10-15(19)16-12-4-5-13-14(9-12)21-8-7-20-13/h4-5,9H,3,6-8,10H2,1-2H3,(H,16,19). The normalized spacial score (nSPS) is 12.7. The molecule has 1 heterocycles. The van der Waals surface area contributed by atoms with Crippen LogP contribution in [0.5, 0.6) is 11.5 Å². The molecule has 0 saturated carbocycles. The predicted molar refractivity (Wildman–Crippen MR) is 78.6 cm³/mol. The number of anilines is 1. The first-order chi connectivity index (χ1) is 10.1. The molecule has 0 aliphatic carbocycles. The van der Waals surface area contributed by atoms with Crippen LogP contribution in [0, 0.1) is 0 Å². The highest BCUT2D eigenvalue weighted by molar-refractivity contribution is 5.94. The second-order valence-corrected chi connectivity index (χ2v) is 4.85. The van der Waals surface area contributed by atoms with Crippen LogP contribution in [0.2, 0.25) is 0 Å². The molecule has 1 aromatic carbocycles. The van der Waals surface area contributed by atoms with Gasteiger partial charge in [-0.3, -0.25) is 9.59 Å². The Labute approximate surface area is 124 Å². The molecule has 1 aliphatic rings. The molecule has 0 atom stereocenters. The van der Waals surface area contributed by atoms with Gasteiger partial charge in [0.05, 0.1) is 6.54 Å². The van der Waals surface area contributed by atoms with Crippen molar-refractivity contribution in [3.05, 3.63) is 18.2 Å². The van der Waals surface area contributed by atoms with Gasteiger partial charge in [0.1, 0.15) is 13.2 Å². The zero-order valence-corrected chi connectivity index (χ0v) is 12.3. The first-order valence-electron chi connectivity index (χ1n) is 7.05. The number of nitrogens with zero attached hydrogens (tertiary/aromatic N) is 1. The van der Waals surface area contributed by atoms with E-state index in [1.54, 1.807) is 18.2 Å².